The van der Waals surface area contributed by atoms with E-state index in [0.717, 1.165) is 17.9 Å². The maximum absolute atomic E-state index is 11.7. The van der Waals surface area contributed by atoms with Crippen molar-refractivity contribution in [3.05, 3.63) is 35.4 Å². The summed E-state index contributed by atoms with van der Waals surface area (Å²) >= 11 is 0. The van der Waals surface area contributed by atoms with Crippen LogP contribution >= 0.6 is 0 Å². The number of Topliss-reactive ketones (excluding diaryl/α,β-unsaturated/α-hetero) is 1. The fraction of sp³-hybridized carbons (Fsp3) is 0.562. The monoisotopic (exact) mass is 232 g/mol. The van der Waals surface area contributed by atoms with Gasteiger partial charge in [0.25, 0.3) is 0 Å². The highest BCUT2D eigenvalue weighted by atomic mass is 16.1. The molecule has 0 heterocycles. The summed E-state index contributed by atoms with van der Waals surface area (Å²) in [5, 5.41) is 0. The zero-order valence-corrected chi connectivity index (χ0v) is 11.5. The molecule has 0 fully saturated rings. The molecule has 1 aromatic carbocycles. The average Bonchev–Trinajstić information content (AvgIpc) is 2.26. The summed E-state index contributed by atoms with van der Waals surface area (Å²) in [5.41, 5.74) is 2.51. The van der Waals surface area contributed by atoms with Crippen LogP contribution in [0.2, 0.25) is 0 Å². The lowest BCUT2D eigenvalue weighted by Crippen LogP contribution is -2.10. The Hall–Kier alpha value is -1.11. The van der Waals surface area contributed by atoms with Crippen LogP contribution in [-0.4, -0.2) is 5.78 Å². The molecular weight excluding hydrogens is 208 g/mol. The molecule has 94 valence electrons. The van der Waals surface area contributed by atoms with Crippen molar-refractivity contribution in [2.24, 2.45) is 11.8 Å². The van der Waals surface area contributed by atoms with Crippen molar-refractivity contribution >= 4 is 5.78 Å². The molecule has 0 unspecified atom stereocenters. The van der Waals surface area contributed by atoms with Crippen LogP contribution in [0.15, 0.2) is 24.3 Å². The smallest absolute Gasteiger partial charge is 0.139 e. The summed E-state index contributed by atoms with van der Waals surface area (Å²) in [6.45, 7) is 8.41. The molecule has 0 aliphatic heterocycles. The minimum absolute atomic E-state index is 0.134. The van der Waals surface area contributed by atoms with Gasteiger partial charge in [-0.3, -0.25) is 4.79 Å². The first kappa shape index (κ1) is 14.0. The SMILES string of the molecule is CC(C)CCc1cccc(CC(=O)C(C)C)c1. The molecule has 0 aliphatic rings. The lowest BCUT2D eigenvalue weighted by atomic mass is 9.97. The zero-order chi connectivity index (χ0) is 12.8. The maximum atomic E-state index is 11.7. The number of benzene rings is 1. The highest BCUT2D eigenvalue weighted by Gasteiger charge is 2.08. The standard InChI is InChI=1S/C16H24O/c1-12(2)8-9-14-6-5-7-15(10-14)11-16(17)13(3)4/h5-7,10,12-13H,8-9,11H2,1-4H3. The van der Waals surface area contributed by atoms with Gasteiger partial charge in [0.1, 0.15) is 5.78 Å². The van der Waals surface area contributed by atoms with Gasteiger partial charge in [-0.05, 0) is 29.9 Å². The molecule has 0 N–H and O–H groups in total. The quantitative estimate of drug-likeness (QED) is 0.723. The summed E-state index contributed by atoms with van der Waals surface area (Å²) in [7, 11) is 0. The second kappa shape index (κ2) is 6.58. The van der Waals surface area contributed by atoms with Crippen molar-refractivity contribution < 1.29 is 4.79 Å². The Labute approximate surface area is 105 Å². The molecule has 17 heavy (non-hydrogen) atoms. The Morgan fingerprint density at radius 3 is 2.35 bits per heavy atom. The fourth-order valence-corrected chi connectivity index (χ4v) is 1.76. The zero-order valence-electron chi connectivity index (χ0n) is 11.5. The van der Waals surface area contributed by atoms with E-state index in [4.69, 9.17) is 0 Å². The summed E-state index contributed by atoms with van der Waals surface area (Å²) in [6, 6.07) is 8.46. The van der Waals surface area contributed by atoms with E-state index in [1.165, 1.54) is 12.0 Å². The van der Waals surface area contributed by atoms with Crippen molar-refractivity contribution in [1.82, 2.24) is 0 Å². The van der Waals surface area contributed by atoms with Crippen LogP contribution in [0.1, 0.15) is 45.2 Å². The Morgan fingerprint density at radius 2 is 1.76 bits per heavy atom. The van der Waals surface area contributed by atoms with E-state index < -0.39 is 0 Å². The van der Waals surface area contributed by atoms with Crippen molar-refractivity contribution in [2.45, 2.75) is 47.0 Å². The molecule has 0 saturated carbocycles. The Kier molecular flexibility index (Phi) is 5.40. The number of hydrogen-bond donors (Lipinski definition) is 0. The number of aryl methyl sites for hydroxylation is 1. The van der Waals surface area contributed by atoms with Crippen LogP contribution in [-0.2, 0) is 17.6 Å². The molecule has 0 atom stereocenters. The van der Waals surface area contributed by atoms with Crippen LogP contribution in [0, 0.1) is 11.8 Å². The van der Waals surface area contributed by atoms with Crippen LogP contribution in [0.3, 0.4) is 0 Å². The molecule has 0 amide bonds. The van der Waals surface area contributed by atoms with Crippen LogP contribution in [0.4, 0.5) is 0 Å². The number of ketones is 1. The van der Waals surface area contributed by atoms with E-state index in [1.54, 1.807) is 0 Å². The van der Waals surface area contributed by atoms with E-state index in [9.17, 15) is 4.79 Å². The van der Waals surface area contributed by atoms with E-state index in [-0.39, 0.29) is 5.92 Å². The molecule has 1 aromatic rings. The van der Waals surface area contributed by atoms with E-state index in [1.807, 2.05) is 13.8 Å². The minimum atomic E-state index is 0.134. The molecule has 0 bridgehead atoms. The lowest BCUT2D eigenvalue weighted by molar-refractivity contribution is -0.121. The highest BCUT2D eigenvalue weighted by Crippen LogP contribution is 2.13. The van der Waals surface area contributed by atoms with Gasteiger partial charge in [0.05, 0.1) is 0 Å². The lowest BCUT2D eigenvalue weighted by Gasteiger charge is -2.08. The predicted molar refractivity (Wildman–Crippen MR) is 73.2 cm³/mol. The van der Waals surface area contributed by atoms with Gasteiger partial charge < -0.3 is 0 Å². The molecule has 0 radical (unpaired) electrons. The van der Waals surface area contributed by atoms with Gasteiger partial charge in [-0.2, -0.15) is 0 Å². The molecular formula is C16H24O. The first-order valence-corrected chi connectivity index (χ1v) is 6.59. The summed E-state index contributed by atoms with van der Waals surface area (Å²) in [5.74, 6) is 1.19. The molecule has 1 rings (SSSR count). The number of hydrogen-bond acceptors (Lipinski definition) is 1. The molecule has 0 saturated heterocycles. The van der Waals surface area contributed by atoms with Crippen LogP contribution < -0.4 is 0 Å². The van der Waals surface area contributed by atoms with Crippen molar-refractivity contribution in [1.29, 1.82) is 0 Å². The van der Waals surface area contributed by atoms with E-state index >= 15 is 0 Å². The first-order chi connectivity index (χ1) is 7.99. The van der Waals surface area contributed by atoms with Gasteiger partial charge in [0.2, 0.25) is 0 Å². The topological polar surface area (TPSA) is 17.1 Å². The third-order valence-corrected chi connectivity index (χ3v) is 3.02. The maximum Gasteiger partial charge on any atom is 0.139 e. The molecule has 0 spiro atoms. The molecule has 1 nitrogen and oxygen atoms in total. The first-order valence-electron chi connectivity index (χ1n) is 6.59. The van der Waals surface area contributed by atoms with Crippen LogP contribution in [0.5, 0.6) is 0 Å². The summed E-state index contributed by atoms with van der Waals surface area (Å²) < 4.78 is 0. The van der Waals surface area contributed by atoms with Gasteiger partial charge in [0, 0.05) is 12.3 Å². The number of carbonyl (C=O) groups excluding carboxylic acids is 1. The van der Waals surface area contributed by atoms with Crippen molar-refractivity contribution in [2.75, 3.05) is 0 Å². The van der Waals surface area contributed by atoms with E-state index in [0.29, 0.717) is 12.2 Å². The Morgan fingerprint density at radius 1 is 1.12 bits per heavy atom. The van der Waals surface area contributed by atoms with Gasteiger partial charge in [0.15, 0.2) is 0 Å². The van der Waals surface area contributed by atoms with Crippen molar-refractivity contribution in [3.8, 4) is 0 Å². The van der Waals surface area contributed by atoms with Gasteiger partial charge in [-0.1, -0.05) is 52.0 Å². The summed E-state index contributed by atoms with van der Waals surface area (Å²) in [4.78, 5) is 11.7. The normalized spacial score (nSPS) is 11.2. The third-order valence-electron chi connectivity index (χ3n) is 3.02. The van der Waals surface area contributed by atoms with E-state index in [2.05, 4.69) is 38.1 Å². The molecule has 1 heteroatoms. The van der Waals surface area contributed by atoms with Gasteiger partial charge in [-0.15, -0.1) is 0 Å². The number of carbonyl (C=O) groups is 1. The van der Waals surface area contributed by atoms with Crippen LogP contribution in [0.25, 0.3) is 0 Å². The minimum Gasteiger partial charge on any atom is -0.299 e. The van der Waals surface area contributed by atoms with Crippen molar-refractivity contribution in [3.63, 3.8) is 0 Å². The third kappa shape index (κ3) is 5.16. The molecule has 0 aromatic heterocycles. The summed E-state index contributed by atoms with van der Waals surface area (Å²) in [6.07, 6.45) is 2.90. The largest absolute Gasteiger partial charge is 0.299 e. The van der Waals surface area contributed by atoms with Gasteiger partial charge in [-0.25, -0.2) is 0 Å². The predicted octanol–water partition coefficient (Wildman–Crippen LogP) is 4.04. The second-order valence-electron chi connectivity index (χ2n) is 5.55. The number of rotatable bonds is 6. The Balaban J connectivity index is 2.62. The fourth-order valence-electron chi connectivity index (χ4n) is 1.76. The molecule has 0 aliphatic carbocycles. The van der Waals surface area contributed by atoms with Gasteiger partial charge >= 0.3 is 0 Å². The second-order valence-corrected chi connectivity index (χ2v) is 5.55. The average molecular weight is 232 g/mol. The highest BCUT2D eigenvalue weighted by molar-refractivity contribution is 5.82. The Bertz CT molecular complexity index is 364.